The van der Waals surface area contributed by atoms with Gasteiger partial charge in [0.2, 0.25) is 5.95 Å². The summed E-state index contributed by atoms with van der Waals surface area (Å²) in [5.74, 6) is -0.670. The number of carboxylic acid groups (broad SMARTS) is 1. The van der Waals surface area contributed by atoms with E-state index in [1.54, 1.807) is 23.1 Å². The van der Waals surface area contributed by atoms with Gasteiger partial charge in [-0.15, -0.1) is 0 Å². The lowest BCUT2D eigenvalue weighted by Gasteiger charge is -2.20. The Labute approximate surface area is 200 Å². The maximum absolute atomic E-state index is 13.5. The minimum atomic E-state index is -1.03. The number of nitrogens with one attached hydrogen (secondary N) is 1. The summed E-state index contributed by atoms with van der Waals surface area (Å²) in [6.45, 7) is 0. The molecule has 172 valence electrons. The van der Waals surface area contributed by atoms with Crippen molar-refractivity contribution in [3.63, 3.8) is 0 Å². The van der Waals surface area contributed by atoms with E-state index < -0.39 is 11.8 Å². The normalized spacial score (nSPS) is 11.1. The second-order valence-electron chi connectivity index (χ2n) is 7.41. The molecule has 0 fully saturated rings. The minimum Gasteiger partial charge on any atom is -0.478 e. The molecule has 0 aliphatic rings. The summed E-state index contributed by atoms with van der Waals surface area (Å²) >= 11 is 5.89. The van der Waals surface area contributed by atoms with Crippen LogP contribution in [0.2, 0.25) is 5.02 Å². The van der Waals surface area contributed by atoms with Crippen LogP contribution in [0.15, 0.2) is 67.1 Å². The van der Waals surface area contributed by atoms with Crippen molar-refractivity contribution in [3.05, 3.63) is 83.5 Å². The SMILES string of the molecule is CN(c1cnn(C)c1)c1nc(Nc2ccc(F)c(Cl)c2)ncc1-c1cccc(C=CC(=O)O)c1. The number of carboxylic acids is 1. The van der Waals surface area contributed by atoms with E-state index in [2.05, 4.69) is 15.4 Å². The van der Waals surface area contributed by atoms with E-state index >= 15 is 0 Å². The standard InChI is InChI=1S/C24H20ClFN6O2/c1-31-14-18(12-28-31)32(2)23-19(16-5-3-4-15(10-16)6-9-22(33)34)13-27-24(30-23)29-17-7-8-21(26)20(25)11-17/h3-14H,1-2H3,(H,33,34)(H,27,29,30). The summed E-state index contributed by atoms with van der Waals surface area (Å²) in [5, 5.41) is 16.2. The van der Waals surface area contributed by atoms with Crippen molar-refractivity contribution in [2.24, 2.45) is 7.05 Å². The van der Waals surface area contributed by atoms with Gasteiger partial charge in [0.25, 0.3) is 0 Å². The fraction of sp³-hybridized carbons (Fsp3) is 0.0833. The lowest BCUT2D eigenvalue weighted by atomic mass is 10.0. The highest BCUT2D eigenvalue weighted by atomic mass is 35.5. The molecule has 0 saturated carbocycles. The Morgan fingerprint density at radius 2 is 2.06 bits per heavy atom. The number of anilines is 4. The van der Waals surface area contributed by atoms with Crippen LogP contribution in [0.25, 0.3) is 17.2 Å². The Morgan fingerprint density at radius 1 is 1.24 bits per heavy atom. The van der Waals surface area contributed by atoms with Crippen LogP contribution in [-0.2, 0) is 11.8 Å². The molecule has 0 aliphatic carbocycles. The van der Waals surface area contributed by atoms with Crippen LogP contribution in [-0.4, -0.2) is 37.9 Å². The number of hydrogen-bond acceptors (Lipinski definition) is 6. The Kier molecular flexibility index (Phi) is 6.55. The van der Waals surface area contributed by atoms with Crippen LogP contribution < -0.4 is 10.2 Å². The number of hydrogen-bond donors (Lipinski definition) is 2. The summed E-state index contributed by atoms with van der Waals surface area (Å²) < 4.78 is 15.2. The summed E-state index contributed by atoms with van der Waals surface area (Å²) in [6.07, 6.45) is 7.84. The maximum Gasteiger partial charge on any atom is 0.328 e. The van der Waals surface area contributed by atoms with Gasteiger partial charge in [-0.2, -0.15) is 10.1 Å². The number of aliphatic carboxylic acids is 1. The highest BCUT2D eigenvalue weighted by Crippen LogP contribution is 2.34. The van der Waals surface area contributed by atoms with Gasteiger partial charge >= 0.3 is 5.97 Å². The predicted molar refractivity (Wildman–Crippen MR) is 130 cm³/mol. The summed E-state index contributed by atoms with van der Waals surface area (Å²) in [7, 11) is 3.68. The Bertz CT molecular complexity index is 1390. The third kappa shape index (κ3) is 5.21. The predicted octanol–water partition coefficient (Wildman–Crippen LogP) is 5.28. The van der Waals surface area contributed by atoms with Gasteiger partial charge in [-0.25, -0.2) is 14.2 Å². The van der Waals surface area contributed by atoms with Gasteiger partial charge in [0, 0.05) is 43.8 Å². The molecule has 2 aromatic carbocycles. The largest absolute Gasteiger partial charge is 0.478 e. The van der Waals surface area contributed by atoms with Crippen molar-refractivity contribution < 1.29 is 14.3 Å². The zero-order valence-electron chi connectivity index (χ0n) is 18.3. The first kappa shape index (κ1) is 22.9. The molecule has 0 aliphatic heterocycles. The molecule has 0 radical (unpaired) electrons. The molecule has 2 N–H and O–H groups in total. The molecule has 8 nitrogen and oxygen atoms in total. The summed E-state index contributed by atoms with van der Waals surface area (Å²) in [5.41, 5.74) is 3.59. The van der Waals surface area contributed by atoms with Gasteiger partial charge in [-0.1, -0.05) is 29.8 Å². The molecule has 10 heteroatoms. The van der Waals surface area contributed by atoms with Crippen LogP contribution >= 0.6 is 11.6 Å². The average molecular weight is 479 g/mol. The van der Waals surface area contributed by atoms with Crippen LogP contribution in [0, 0.1) is 5.82 Å². The molecule has 0 atom stereocenters. The quantitative estimate of drug-likeness (QED) is 0.349. The average Bonchev–Trinajstić information content (AvgIpc) is 3.26. The first-order valence-corrected chi connectivity index (χ1v) is 10.5. The molecule has 2 heterocycles. The van der Waals surface area contributed by atoms with Gasteiger partial charge in [0.05, 0.1) is 16.9 Å². The van der Waals surface area contributed by atoms with Crippen LogP contribution in [0.3, 0.4) is 0 Å². The smallest absolute Gasteiger partial charge is 0.328 e. The number of aryl methyl sites for hydroxylation is 1. The zero-order valence-corrected chi connectivity index (χ0v) is 19.0. The molecule has 2 aromatic heterocycles. The van der Waals surface area contributed by atoms with Gasteiger partial charge < -0.3 is 15.3 Å². The molecule has 4 rings (SSSR count). The molecule has 0 amide bonds. The van der Waals surface area contributed by atoms with Crippen molar-refractivity contribution in [2.75, 3.05) is 17.3 Å². The highest BCUT2D eigenvalue weighted by Gasteiger charge is 2.17. The third-order valence-electron chi connectivity index (χ3n) is 4.96. The van der Waals surface area contributed by atoms with Crippen molar-refractivity contribution in [3.8, 4) is 11.1 Å². The molecule has 0 spiro atoms. The van der Waals surface area contributed by atoms with Gasteiger partial charge in [0.15, 0.2) is 0 Å². The number of carbonyl (C=O) groups is 1. The first-order valence-electron chi connectivity index (χ1n) is 10.1. The van der Waals surface area contributed by atoms with Crippen molar-refractivity contribution in [1.29, 1.82) is 0 Å². The van der Waals surface area contributed by atoms with E-state index in [9.17, 15) is 9.18 Å². The fourth-order valence-electron chi connectivity index (χ4n) is 3.28. The molecule has 0 unspecified atom stereocenters. The zero-order chi connectivity index (χ0) is 24.2. The molecule has 4 aromatic rings. The highest BCUT2D eigenvalue weighted by molar-refractivity contribution is 6.31. The Morgan fingerprint density at radius 3 is 2.76 bits per heavy atom. The summed E-state index contributed by atoms with van der Waals surface area (Å²) in [4.78, 5) is 21.9. The third-order valence-corrected chi connectivity index (χ3v) is 5.25. The number of aromatic nitrogens is 4. The van der Waals surface area contributed by atoms with E-state index in [0.717, 1.165) is 28.5 Å². The van der Waals surface area contributed by atoms with E-state index in [1.807, 2.05) is 49.5 Å². The monoisotopic (exact) mass is 478 g/mol. The molecular weight excluding hydrogens is 459 g/mol. The number of rotatable bonds is 7. The van der Waals surface area contributed by atoms with Gasteiger partial charge in [-0.3, -0.25) is 4.68 Å². The van der Waals surface area contributed by atoms with Crippen LogP contribution in [0.1, 0.15) is 5.56 Å². The number of benzene rings is 2. The second kappa shape index (κ2) is 9.72. The van der Waals surface area contributed by atoms with Crippen molar-refractivity contribution in [2.45, 2.75) is 0 Å². The van der Waals surface area contributed by atoms with E-state index in [4.69, 9.17) is 21.7 Å². The lowest BCUT2D eigenvalue weighted by Crippen LogP contribution is -2.13. The summed E-state index contributed by atoms with van der Waals surface area (Å²) in [6, 6.07) is 11.6. The van der Waals surface area contributed by atoms with Crippen LogP contribution in [0.5, 0.6) is 0 Å². The van der Waals surface area contributed by atoms with Gasteiger partial charge in [0.1, 0.15) is 11.6 Å². The maximum atomic E-state index is 13.5. The van der Waals surface area contributed by atoms with Crippen molar-refractivity contribution in [1.82, 2.24) is 19.7 Å². The molecule has 0 bridgehead atoms. The van der Waals surface area contributed by atoms with Gasteiger partial charge in [-0.05, 0) is 41.5 Å². The Hall–Kier alpha value is -4.24. The topological polar surface area (TPSA) is 96.2 Å². The van der Waals surface area contributed by atoms with E-state index in [-0.39, 0.29) is 5.02 Å². The van der Waals surface area contributed by atoms with Crippen molar-refractivity contribution >= 4 is 46.8 Å². The van der Waals surface area contributed by atoms with E-state index in [1.165, 1.54) is 18.2 Å². The lowest BCUT2D eigenvalue weighted by molar-refractivity contribution is -0.131. The van der Waals surface area contributed by atoms with Crippen LogP contribution in [0.4, 0.5) is 27.5 Å². The van der Waals surface area contributed by atoms with E-state index in [0.29, 0.717) is 17.5 Å². The number of nitrogens with zero attached hydrogens (tertiary/aromatic N) is 5. The Balaban J connectivity index is 1.77. The first-order chi connectivity index (χ1) is 16.3. The second-order valence-corrected chi connectivity index (χ2v) is 7.82. The molecule has 34 heavy (non-hydrogen) atoms. The molecule has 0 saturated heterocycles. The molecular formula is C24H20ClFN6O2. The fourth-order valence-corrected chi connectivity index (χ4v) is 3.46. The minimum absolute atomic E-state index is 0.0134. The number of halogens is 2.